The smallest absolute Gasteiger partial charge is 0.233 e. The zero-order valence-corrected chi connectivity index (χ0v) is 9.10. The van der Waals surface area contributed by atoms with Crippen LogP contribution in [0, 0.1) is 0 Å². The number of para-hydroxylation sites is 2. The van der Waals surface area contributed by atoms with Gasteiger partial charge in [-0.15, -0.1) is 0 Å². The van der Waals surface area contributed by atoms with Crippen LogP contribution in [0.2, 0.25) is 0 Å². The first-order valence-electron chi connectivity index (χ1n) is 5.37. The minimum Gasteiger partial charge on any atom is -0.468 e. The molecule has 82 valence electrons. The molecule has 0 spiro atoms. The number of benzene rings is 1. The van der Waals surface area contributed by atoms with E-state index in [2.05, 4.69) is 22.2 Å². The summed E-state index contributed by atoms with van der Waals surface area (Å²) in [5.74, 6) is 0.600. The third-order valence-corrected chi connectivity index (χ3v) is 2.78. The fraction of sp³-hybridized carbons (Fsp3) is 0.333. The molecule has 1 N–H and O–H groups in total. The second-order valence-corrected chi connectivity index (χ2v) is 4.35. The second kappa shape index (κ2) is 3.42. The summed E-state index contributed by atoms with van der Waals surface area (Å²) in [7, 11) is 0. The first kappa shape index (κ1) is 9.54. The predicted octanol–water partition coefficient (Wildman–Crippen LogP) is 1.37. The largest absolute Gasteiger partial charge is 0.468 e. The summed E-state index contributed by atoms with van der Waals surface area (Å²) in [6.45, 7) is 3.80. The van der Waals surface area contributed by atoms with Crippen molar-refractivity contribution in [2.24, 2.45) is 0 Å². The van der Waals surface area contributed by atoms with Gasteiger partial charge in [-0.05, 0) is 19.1 Å². The molecule has 2 heterocycles. The Morgan fingerprint density at radius 2 is 2.00 bits per heavy atom. The monoisotopic (exact) mass is 215 g/mol. The maximum atomic E-state index is 5.81. The summed E-state index contributed by atoms with van der Waals surface area (Å²) < 4.78 is 5.81. The number of fused-ring (bicyclic) bond motifs is 1. The van der Waals surface area contributed by atoms with Crippen LogP contribution < -0.4 is 10.1 Å². The van der Waals surface area contributed by atoms with Crippen LogP contribution in [-0.4, -0.2) is 28.7 Å². The molecule has 0 amide bonds. The topological polar surface area (TPSA) is 47.0 Å². The van der Waals surface area contributed by atoms with Crippen LogP contribution in [0.4, 0.5) is 0 Å². The molecule has 4 heteroatoms. The highest BCUT2D eigenvalue weighted by atomic mass is 16.5. The first-order valence-corrected chi connectivity index (χ1v) is 5.37. The lowest BCUT2D eigenvalue weighted by molar-refractivity contribution is 0.0304. The van der Waals surface area contributed by atoms with Crippen LogP contribution in [0.1, 0.15) is 6.92 Å². The number of nitrogens with one attached hydrogen (secondary N) is 1. The van der Waals surface area contributed by atoms with Crippen molar-refractivity contribution >= 4 is 11.0 Å². The van der Waals surface area contributed by atoms with Gasteiger partial charge < -0.3 is 10.1 Å². The van der Waals surface area contributed by atoms with E-state index < -0.39 is 0 Å². The molecule has 0 saturated carbocycles. The van der Waals surface area contributed by atoms with E-state index in [9.17, 15) is 0 Å². The highest BCUT2D eigenvalue weighted by molar-refractivity contribution is 5.73. The van der Waals surface area contributed by atoms with Crippen LogP contribution in [-0.2, 0) is 0 Å². The molecule has 1 aliphatic rings. The van der Waals surface area contributed by atoms with Crippen molar-refractivity contribution < 1.29 is 4.74 Å². The molecule has 1 saturated heterocycles. The molecule has 0 aliphatic carbocycles. The van der Waals surface area contributed by atoms with Gasteiger partial charge in [-0.2, -0.15) is 0 Å². The van der Waals surface area contributed by atoms with Crippen LogP contribution >= 0.6 is 0 Å². The molecule has 0 atom stereocenters. The lowest BCUT2D eigenvalue weighted by atomic mass is 10.0. The van der Waals surface area contributed by atoms with E-state index in [1.54, 1.807) is 6.20 Å². The lowest BCUT2D eigenvalue weighted by Gasteiger charge is -2.38. The van der Waals surface area contributed by atoms with Crippen LogP contribution in [0.3, 0.4) is 0 Å². The molecule has 1 aliphatic heterocycles. The van der Waals surface area contributed by atoms with Gasteiger partial charge in [0.05, 0.1) is 17.2 Å². The Balaban J connectivity index is 1.93. The molecule has 1 aromatic carbocycles. The molecule has 0 bridgehead atoms. The highest BCUT2D eigenvalue weighted by Gasteiger charge is 2.34. The Labute approximate surface area is 93.7 Å². The summed E-state index contributed by atoms with van der Waals surface area (Å²) in [4.78, 5) is 8.75. The van der Waals surface area contributed by atoms with Crippen molar-refractivity contribution in [3.63, 3.8) is 0 Å². The van der Waals surface area contributed by atoms with Crippen molar-refractivity contribution in [2.45, 2.75) is 12.5 Å². The molecule has 1 aromatic heterocycles. The molecule has 0 unspecified atom stereocenters. The number of rotatable bonds is 2. The first-order chi connectivity index (χ1) is 7.75. The third kappa shape index (κ3) is 1.61. The summed E-state index contributed by atoms with van der Waals surface area (Å²) in [5, 5.41) is 3.19. The molecular formula is C12H13N3O. The second-order valence-electron chi connectivity index (χ2n) is 4.35. The lowest BCUT2D eigenvalue weighted by Crippen LogP contribution is -2.61. The van der Waals surface area contributed by atoms with Crippen molar-refractivity contribution in [2.75, 3.05) is 13.1 Å². The van der Waals surface area contributed by atoms with Gasteiger partial charge in [-0.1, -0.05) is 12.1 Å². The van der Waals surface area contributed by atoms with Crippen LogP contribution in [0.5, 0.6) is 5.88 Å². The van der Waals surface area contributed by atoms with Gasteiger partial charge in [0.15, 0.2) is 0 Å². The zero-order valence-electron chi connectivity index (χ0n) is 9.10. The molecule has 3 rings (SSSR count). The normalized spacial score (nSPS) is 18.1. The van der Waals surface area contributed by atoms with Gasteiger partial charge in [0.25, 0.3) is 0 Å². The average molecular weight is 215 g/mol. The molecule has 0 radical (unpaired) electrons. The molecule has 2 aromatic rings. The van der Waals surface area contributed by atoms with Gasteiger partial charge in [0.1, 0.15) is 5.60 Å². The van der Waals surface area contributed by atoms with E-state index in [4.69, 9.17) is 4.74 Å². The zero-order chi connectivity index (χ0) is 11.0. The maximum Gasteiger partial charge on any atom is 0.233 e. The minimum absolute atomic E-state index is 0.128. The molecule has 1 fully saturated rings. The number of hydrogen-bond acceptors (Lipinski definition) is 4. The van der Waals surface area contributed by atoms with E-state index in [0.717, 1.165) is 24.1 Å². The van der Waals surface area contributed by atoms with E-state index in [-0.39, 0.29) is 5.60 Å². The van der Waals surface area contributed by atoms with Crippen molar-refractivity contribution in [3.05, 3.63) is 30.5 Å². The Bertz CT molecular complexity index is 522. The Hall–Kier alpha value is -1.68. The van der Waals surface area contributed by atoms with E-state index in [1.165, 1.54) is 0 Å². The van der Waals surface area contributed by atoms with Crippen molar-refractivity contribution in [1.29, 1.82) is 0 Å². The summed E-state index contributed by atoms with van der Waals surface area (Å²) in [6, 6.07) is 7.79. The standard InChI is InChI=1S/C12H13N3O/c1-12(7-13-8-12)16-11-6-14-9-4-2-3-5-10(9)15-11/h2-6,13H,7-8H2,1H3. The molecule has 4 nitrogen and oxygen atoms in total. The Morgan fingerprint density at radius 1 is 1.25 bits per heavy atom. The molecular weight excluding hydrogens is 202 g/mol. The maximum absolute atomic E-state index is 5.81. The average Bonchev–Trinajstić information content (AvgIpc) is 2.27. The Morgan fingerprint density at radius 3 is 2.69 bits per heavy atom. The third-order valence-electron chi connectivity index (χ3n) is 2.78. The van der Waals surface area contributed by atoms with Crippen molar-refractivity contribution in [3.8, 4) is 5.88 Å². The number of nitrogens with zero attached hydrogens (tertiary/aromatic N) is 2. The fourth-order valence-electron chi connectivity index (χ4n) is 1.79. The van der Waals surface area contributed by atoms with E-state index in [1.807, 2.05) is 24.3 Å². The van der Waals surface area contributed by atoms with Gasteiger partial charge >= 0.3 is 0 Å². The van der Waals surface area contributed by atoms with E-state index >= 15 is 0 Å². The number of hydrogen-bond donors (Lipinski definition) is 1. The predicted molar refractivity (Wildman–Crippen MR) is 61.4 cm³/mol. The van der Waals surface area contributed by atoms with Gasteiger partial charge in [0, 0.05) is 13.1 Å². The summed E-state index contributed by atoms with van der Waals surface area (Å²) in [5.41, 5.74) is 1.64. The van der Waals surface area contributed by atoms with Gasteiger partial charge in [-0.3, -0.25) is 0 Å². The SMILES string of the molecule is CC1(Oc2cnc3ccccc3n2)CNC1. The van der Waals surface area contributed by atoms with Crippen molar-refractivity contribution in [1.82, 2.24) is 15.3 Å². The molecule has 16 heavy (non-hydrogen) atoms. The van der Waals surface area contributed by atoms with Gasteiger partial charge in [0.2, 0.25) is 5.88 Å². The number of aromatic nitrogens is 2. The van der Waals surface area contributed by atoms with E-state index in [0.29, 0.717) is 5.88 Å². The van der Waals surface area contributed by atoms with Gasteiger partial charge in [-0.25, -0.2) is 9.97 Å². The minimum atomic E-state index is -0.128. The summed E-state index contributed by atoms with van der Waals surface area (Å²) in [6.07, 6.45) is 1.69. The highest BCUT2D eigenvalue weighted by Crippen LogP contribution is 2.20. The summed E-state index contributed by atoms with van der Waals surface area (Å²) >= 11 is 0. The quantitative estimate of drug-likeness (QED) is 0.822. The Kier molecular flexibility index (Phi) is 2.04. The van der Waals surface area contributed by atoms with Crippen LogP contribution in [0.25, 0.3) is 11.0 Å². The fourth-order valence-corrected chi connectivity index (χ4v) is 1.79. The number of ether oxygens (including phenoxy) is 1. The van der Waals surface area contributed by atoms with Crippen LogP contribution in [0.15, 0.2) is 30.5 Å².